The third-order valence-corrected chi connectivity index (χ3v) is 2.48. The highest BCUT2D eigenvalue weighted by Crippen LogP contribution is 2.47. The molecule has 0 spiro atoms. The lowest BCUT2D eigenvalue weighted by Crippen LogP contribution is -2.15. The first kappa shape index (κ1) is 4.77. The minimum Gasteiger partial charge on any atom is -0.396 e. The number of rotatable bonds is 1. The first-order chi connectivity index (χ1) is 3.93. The van der Waals surface area contributed by atoms with Crippen LogP contribution in [0.25, 0.3) is 0 Å². The summed E-state index contributed by atoms with van der Waals surface area (Å²) in [6, 6.07) is 0. The highest BCUT2D eigenvalue weighted by molar-refractivity contribution is 5.03. The molecule has 0 aromatic heterocycles. The molecule has 2 nitrogen and oxygen atoms in total. The molecular formula is C6H11NO. The minimum atomic E-state index is 0.414. The molecule has 2 rings (SSSR count). The van der Waals surface area contributed by atoms with Crippen molar-refractivity contribution in [1.82, 2.24) is 5.32 Å². The van der Waals surface area contributed by atoms with Gasteiger partial charge in [0, 0.05) is 6.61 Å². The Morgan fingerprint density at radius 1 is 1.38 bits per heavy atom. The van der Waals surface area contributed by atoms with Gasteiger partial charge < -0.3 is 10.4 Å². The van der Waals surface area contributed by atoms with Gasteiger partial charge in [-0.3, -0.25) is 0 Å². The van der Waals surface area contributed by atoms with Crippen LogP contribution in [0.15, 0.2) is 0 Å². The van der Waals surface area contributed by atoms with Crippen LogP contribution >= 0.6 is 0 Å². The summed E-state index contributed by atoms with van der Waals surface area (Å²) in [5.41, 5.74) is 0. The molecule has 0 aromatic rings. The maximum absolute atomic E-state index is 8.68. The van der Waals surface area contributed by atoms with Gasteiger partial charge in [0.2, 0.25) is 0 Å². The summed E-state index contributed by atoms with van der Waals surface area (Å²) in [7, 11) is 0. The summed E-state index contributed by atoms with van der Waals surface area (Å²) in [6.07, 6.45) is 0. The second-order valence-electron chi connectivity index (χ2n) is 2.83. The Balaban J connectivity index is 1.94. The van der Waals surface area contributed by atoms with Gasteiger partial charge in [0.25, 0.3) is 0 Å². The molecule has 8 heavy (non-hydrogen) atoms. The van der Waals surface area contributed by atoms with Crippen molar-refractivity contribution in [2.75, 3.05) is 19.7 Å². The number of aliphatic hydroxyl groups excluding tert-OH is 1. The molecular weight excluding hydrogens is 102 g/mol. The molecule has 1 saturated carbocycles. The van der Waals surface area contributed by atoms with E-state index in [1.54, 1.807) is 0 Å². The molecule has 1 saturated heterocycles. The second kappa shape index (κ2) is 1.45. The second-order valence-corrected chi connectivity index (χ2v) is 2.83. The molecule has 2 atom stereocenters. The summed E-state index contributed by atoms with van der Waals surface area (Å²) in [5.74, 6) is 2.33. The molecule has 1 heterocycles. The van der Waals surface area contributed by atoms with Crippen LogP contribution < -0.4 is 5.32 Å². The van der Waals surface area contributed by atoms with Crippen LogP contribution in [0.3, 0.4) is 0 Å². The Hall–Kier alpha value is -0.0800. The van der Waals surface area contributed by atoms with Crippen molar-refractivity contribution in [3.8, 4) is 0 Å². The maximum Gasteiger partial charge on any atom is 0.0465 e. The minimum absolute atomic E-state index is 0.414. The molecule has 2 aliphatic rings. The first-order valence-corrected chi connectivity index (χ1v) is 3.25. The van der Waals surface area contributed by atoms with Gasteiger partial charge in [-0.25, -0.2) is 0 Å². The summed E-state index contributed by atoms with van der Waals surface area (Å²) in [5, 5.41) is 12.0. The lowest BCUT2D eigenvalue weighted by molar-refractivity contribution is 0.258. The molecule has 2 N–H and O–H groups in total. The van der Waals surface area contributed by atoms with Crippen molar-refractivity contribution in [1.29, 1.82) is 0 Å². The fourth-order valence-corrected chi connectivity index (χ4v) is 1.82. The van der Waals surface area contributed by atoms with Gasteiger partial charge in [0.15, 0.2) is 0 Å². The quantitative estimate of drug-likeness (QED) is 0.478. The van der Waals surface area contributed by atoms with E-state index < -0.39 is 0 Å². The zero-order valence-corrected chi connectivity index (χ0v) is 4.80. The monoisotopic (exact) mass is 113 g/mol. The molecule has 2 unspecified atom stereocenters. The van der Waals surface area contributed by atoms with E-state index in [2.05, 4.69) is 5.32 Å². The van der Waals surface area contributed by atoms with Gasteiger partial charge in [-0.05, 0) is 30.8 Å². The third kappa shape index (κ3) is 0.446. The van der Waals surface area contributed by atoms with Crippen LogP contribution in [0, 0.1) is 17.8 Å². The van der Waals surface area contributed by atoms with E-state index in [-0.39, 0.29) is 0 Å². The van der Waals surface area contributed by atoms with Crippen LogP contribution in [0.4, 0.5) is 0 Å². The Morgan fingerprint density at radius 3 is 2.38 bits per heavy atom. The Labute approximate surface area is 48.9 Å². The van der Waals surface area contributed by atoms with Crippen molar-refractivity contribution in [3.63, 3.8) is 0 Å². The van der Waals surface area contributed by atoms with Crippen molar-refractivity contribution in [2.45, 2.75) is 0 Å². The van der Waals surface area contributed by atoms with Crippen LogP contribution in [-0.4, -0.2) is 24.8 Å². The lowest BCUT2D eigenvalue weighted by Gasteiger charge is -1.97. The van der Waals surface area contributed by atoms with Gasteiger partial charge >= 0.3 is 0 Å². The number of fused-ring (bicyclic) bond motifs is 1. The number of piperidine rings is 1. The van der Waals surface area contributed by atoms with Crippen LogP contribution in [0.2, 0.25) is 0 Å². The third-order valence-electron chi connectivity index (χ3n) is 2.48. The van der Waals surface area contributed by atoms with E-state index >= 15 is 0 Å². The summed E-state index contributed by atoms with van der Waals surface area (Å²) < 4.78 is 0. The van der Waals surface area contributed by atoms with Crippen LogP contribution in [0.5, 0.6) is 0 Å². The largest absolute Gasteiger partial charge is 0.396 e. The molecule has 2 heteroatoms. The molecule has 1 aliphatic heterocycles. The molecule has 2 fully saturated rings. The zero-order valence-electron chi connectivity index (χ0n) is 4.80. The first-order valence-electron chi connectivity index (χ1n) is 3.25. The Kier molecular flexibility index (Phi) is 0.866. The van der Waals surface area contributed by atoms with Gasteiger partial charge in [-0.1, -0.05) is 0 Å². The number of nitrogens with one attached hydrogen (secondary N) is 1. The van der Waals surface area contributed by atoms with Gasteiger partial charge in [-0.15, -0.1) is 0 Å². The standard InChI is InChI=1S/C6H11NO/c8-3-6-4-1-7-2-5(4)6/h4-8H,1-3H2. The van der Waals surface area contributed by atoms with E-state index in [0.717, 1.165) is 24.9 Å². The molecule has 46 valence electrons. The van der Waals surface area contributed by atoms with E-state index in [9.17, 15) is 0 Å². The van der Waals surface area contributed by atoms with Gasteiger partial charge in [0.1, 0.15) is 0 Å². The Morgan fingerprint density at radius 2 is 2.00 bits per heavy atom. The van der Waals surface area contributed by atoms with Crippen LogP contribution in [0.1, 0.15) is 0 Å². The predicted molar refractivity (Wildman–Crippen MR) is 30.4 cm³/mol. The van der Waals surface area contributed by atoms with Gasteiger partial charge in [0.05, 0.1) is 0 Å². The lowest BCUT2D eigenvalue weighted by atomic mass is 10.3. The summed E-state index contributed by atoms with van der Waals surface area (Å²) >= 11 is 0. The van der Waals surface area contributed by atoms with Crippen molar-refractivity contribution in [2.24, 2.45) is 17.8 Å². The smallest absolute Gasteiger partial charge is 0.0465 e. The molecule has 1 aliphatic carbocycles. The van der Waals surface area contributed by atoms with Crippen molar-refractivity contribution < 1.29 is 5.11 Å². The fraction of sp³-hybridized carbons (Fsp3) is 1.00. The van der Waals surface area contributed by atoms with E-state index in [1.165, 1.54) is 0 Å². The highest BCUT2D eigenvalue weighted by atomic mass is 16.3. The van der Waals surface area contributed by atoms with Crippen LogP contribution in [-0.2, 0) is 0 Å². The average Bonchev–Trinajstić information content (AvgIpc) is 2.22. The molecule has 0 amide bonds. The molecule has 0 aromatic carbocycles. The van der Waals surface area contributed by atoms with E-state index in [0.29, 0.717) is 12.5 Å². The maximum atomic E-state index is 8.68. The number of aliphatic hydroxyl groups is 1. The topological polar surface area (TPSA) is 32.3 Å². The fourth-order valence-electron chi connectivity index (χ4n) is 1.82. The Bertz CT molecular complexity index is 87.9. The van der Waals surface area contributed by atoms with E-state index in [4.69, 9.17) is 5.11 Å². The highest BCUT2D eigenvalue weighted by Gasteiger charge is 2.51. The molecule has 0 radical (unpaired) electrons. The van der Waals surface area contributed by atoms with Crippen molar-refractivity contribution >= 4 is 0 Å². The summed E-state index contributed by atoms with van der Waals surface area (Å²) in [6.45, 7) is 2.71. The zero-order chi connectivity index (χ0) is 5.56. The number of hydrogen-bond donors (Lipinski definition) is 2. The predicted octanol–water partition coefficient (Wildman–Crippen LogP) is -0.556. The average molecular weight is 113 g/mol. The van der Waals surface area contributed by atoms with Crippen molar-refractivity contribution in [3.05, 3.63) is 0 Å². The molecule has 0 bridgehead atoms. The normalized spacial score (nSPS) is 51.4. The van der Waals surface area contributed by atoms with Gasteiger partial charge in [-0.2, -0.15) is 0 Å². The SMILES string of the molecule is OCC1C2CNCC12. The number of hydrogen-bond acceptors (Lipinski definition) is 2. The van der Waals surface area contributed by atoms with E-state index in [1.807, 2.05) is 0 Å². The summed E-state index contributed by atoms with van der Waals surface area (Å²) in [4.78, 5) is 0.